The van der Waals surface area contributed by atoms with Gasteiger partial charge in [0, 0.05) is 18.0 Å². The largest absolute Gasteiger partial charge is 0.361 e. The lowest BCUT2D eigenvalue weighted by molar-refractivity contribution is 0.503. The van der Waals surface area contributed by atoms with E-state index >= 15 is 0 Å². The molecule has 1 aromatic rings. The predicted octanol–water partition coefficient (Wildman–Crippen LogP) is 2.00. The van der Waals surface area contributed by atoms with Gasteiger partial charge in [-0.25, -0.2) is 9.97 Å². The van der Waals surface area contributed by atoms with Gasteiger partial charge in [0.1, 0.15) is 5.82 Å². The van der Waals surface area contributed by atoms with Crippen LogP contribution in [0, 0.1) is 12.8 Å². The maximum absolute atomic E-state index is 4.55. The molecule has 1 saturated heterocycles. The van der Waals surface area contributed by atoms with Crippen molar-refractivity contribution in [2.45, 2.75) is 33.4 Å². The molecule has 0 radical (unpaired) electrons. The summed E-state index contributed by atoms with van der Waals surface area (Å²) >= 11 is 1.80. The van der Waals surface area contributed by atoms with Crippen LogP contribution in [0.4, 0.5) is 0 Å². The van der Waals surface area contributed by atoms with Gasteiger partial charge in [0.15, 0.2) is 5.17 Å². The molecular weight excluding hydrogens is 232 g/mol. The highest BCUT2D eigenvalue weighted by Crippen LogP contribution is 2.19. The van der Waals surface area contributed by atoms with E-state index in [2.05, 4.69) is 34.1 Å². The van der Waals surface area contributed by atoms with Crippen LogP contribution in [-0.2, 0) is 6.54 Å². The summed E-state index contributed by atoms with van der Waals surface area (Å²) in [6.45, 7) is 6.99. The minimum Gasteiger partial charge on any atom is -0.361 e. The Morgan fingerprint density at radius 2 is 2.41 bits per heavy atom. The van der Waals surface area contributed by atoms with E-state index in [4.69, 9.17) is 0 Å². The fourth-order valence-electron chi connectivity index (χ4n) is 1.61. The molecule has 1 fully saturated rings. The number of nitrogens with zero attached hydrogens (tertiary/aromatic N) is 3. The first kappa shape index (κ1) is 12.4. The number of thioether (sulfide) groups is 1. The topological polar surface area (TPSA) is 50.2 Å². The van der Waals surface area contributed by atoms with E-state index in [0.29, 0.717) is 18.5 Å². The summed E-state index contributed by atoms with van der Waals surface area (Å²) in [5.74, 6) is 2.56. The molecular formula is C12H18N4S. The van der Waals surface area contributed by atoms with Gasteiger partial charge >= 0.3 is 0 Å². The minimum atomic E-state index is 0.547. The molecule has 1 aromatic heterocycles. The molecule has 17 heavy (non-hydrogen) atoms. The van der Waals surface area contributed by atoms with Gasteiger partial charge in [-0.05, 0) is 18.9 Å². The van der Waals surface area contributed by atoms with Crippen molar-refractivity contribution in [1.29, 1.82) is 0 Å². The molecule has 5 heteroatoms. The van der Waals surface area contributed by atoms with E-state index in [1.807, 2.05) is 13.0 Å². The molecule has 0 saturated carbocycles. The van der Waals surface area contributed by atoms with Gasteiger partial charge in [-0.15, -0.1) is 0 Å². The molecule has 0 aliphatic carbocycles. The van der Waals surface area contributed by atoms with Crippen molar-refractivity contribution in [3.63, 3.8) is 0 Å². The second-order valence-electron chi connectivity index (χ2n) is 4.52. The van der Waals surface area contributed by atoms with Crippen molar-refractivity contribution in [1.82, 2.24) is 15.3 Å². The molecule has 1 atom stereocenters. The number of rotatable bonds is 3. The standard InChI is InChI=1S/C12H18N4S/c1-8(2)11-7-17-12(16-11)14-6-10-4-5-13-9(3)15-10/h4-5,8,11H,6-7H2,1-3H3,(H,14,16). The average Bonchev–Trinajstić information content (AvgIpc) is 2.75. The fourth-order valence-corrected chi connectivity index (χ4v) is 2.80. The number of hydrogen-bond donors (Lipinski definition) is 1. The summed E-state index contributed by atoms with van der Waals surface area (Å²) in [5, 5.41) is 4.49. The smallest absolute Gasteiger partial charge is 0.157 e. The van der Waals surface area contributed by atoms with Crippen LogP contribution in [0.25, 0.3) is 0 Å². The number of aromatic nitrogens is 2. The lowest BCUT2D eigenvalue weighted by atomic mass is 10.1. The highest BCUT2D eigenvalue weighted by Gasteiger charge is 2.22. The van der Waals surface area contributed by atoms with Crippen LogP contribution in [0.3, 0.4) is 0 Å². The van der Waals surface area contributed by atoms with Crippen LogP contribution in [0.2, 0.25) is 0 Å². The Kier molecular flexibility index (Phi) is 3.99. The van der Waals surface area contributed by atoms with E-state index in [1.54, 1.807) is 18.0 Å². The summed E-state index contributed by atoms with van der Waals surface area (Å²) in [7, 11) is 0. The van der Waals surface area contributed by atoms with Gasteiger partial charge in [0.05, 0.1) is 12.2 Å². The molecule has 4 nitrogen and oxygen atoms in total. The van der Waals surface area contributed by atoms with Crippen molar-refractivity contribution in [3.8, 4) is 0 Å². The van der Waals surface area contributed by atoms with E-state index < -0.39 is 0 Å². The summed E-state index contributed by atoms with van der Waals surface area (Å²) in [5.41, 5.74) is 0.973. The average molecular weight is 250 g/mol. The Bertz CT molecular complexity index is 417. The zero-order chi connectivity index (χ0) is 12.3. The second-order valence-corrected chi connectivity index (χ2v) is 5.53. The zero-order valence-electron chi connectivity index (χ0n) is 10.5. The Balaban J connectivity index is 1.94. The maximum atomic E-state index is 4.55. The highest BCUT2D eigenvalue weighted by atomic mass is 32.2. The lowest BCUT2D eigenvalue weighted by Gasteiger charge is -2.12. The van der Waals surface area contributed by atoms with Crippen LogP contribution in [0.5, 0.6) is 0 Å². The normalized spacial score (nSPS) is 22.1. The van der Waals surface area contributed by atoms with Crippen molar-refractivity contribution in [3.05, 3.63) is 23.8 Å². The number of aryl methyl sites for hydroxylation is 1. The first-order valence-electron chi connectivity index (χ1n) is 5.87. The third-order valence-electron chi connectivity index (χ3n) is 2.73. The van der Waals surface area contributed by atoms with Gasteiger partial charge in [0.25, 0.3) is 0 Å². The van der Waals surface area contributed by atoms with E-state index in [9.17, 15) is 0 Å². The number of nitrogens with one attached hydrogen (secondary N) is 1. The monoisotopic (exact) mass is 250 g/mol. The van der Waals surface area contributed by atoms with Gasteiger partial charge in [-0.3, -0.25) is 4.99 Å². The quantitative estimate of drug-likeness (QED) is 0.891. The van der Waals surface area contributed by atoms with E-state index in [1.165, 1.54) is 0 Å². The Hall–Kier alpha value is -1.10. The van der Waals surface area contributed by atoms with Crippen LogP contribution in [-0.4, -0.2) is 26.9 Å². The number of aliphatic imine (C=N–C) groups is 1. The molecule has 0 amide bonds. The summed E-state index contributed by atoms with van der Waals surface area (Å²) in [4.78, 5) is 13.0. The first-order chi connectivity index (χ1) is 8.15. The van der Waals surface area contributed by atoms with Crippen LogP contribution >= 0.6 is 11.8 Å². The second kappa shape index (κ2) is 5.49. The van der Waals surface area contributed by atoms with Crippen LogP contribution in [0.15, 0.2) is 17.3 Å². The fraction of sp³-hybridized carbons (Fsp3) is 0.583. The molecule has 1 N–H and O–H groups in total. The molecule has 1 aliphatic rings. The van der Waals surface area contributed by atoms with E-state index in [-0.39, 0.29) is 0 Å². The molecule has 0 bridgehead atoms. The van der Waals surface area contributed by atoms with Gasteiger partial charge in [-0.1, -0.05) is 25.6 Å². The minimum absolute atomic E-state index is 0.547. The van der Waals surface area contributed by atoms with Gasteiger partial charge in [0.2, 0.25) is 0 Å². The van der Waals surface area contributed by atoms with Crippen LogP contribution in [0.1, 0.15) is 25.4 Å². The molecule has 0 aromatic carbocycles. The Morgan fingerprint density at radius 1 is 1.59 bits per heavy atom. The number of amidine groups is 1. The lowest BCUT2D eigenvalue weighted by Crippen LogP contribution is -2.31. The summed E-state index contributed by atoms with van der Waals surface area (Å²) in [6, 6.07) is 2.46. The van der Waals surface area contributed by atoms with Gasteiger partial charge < -0.3 is 5.32 Å². The Labute approximate surface area is 106 Å². The predicted molar refractivity (Wildman–Crippen MR) is 72.1 cm³/mol. The zero-order valence-corrected chi connectivity index (χ0v) is 11.3. The summed E-state index contributed by atoms with van der Waals surface area (Å²) in [6.07, 6.45) is 1.78. The highest BCUT2D eigenvalue weighted by molar-refractivity contribution is 8.14. The van der Waals surface area contributed by atoms with Gasteiger partial charge in [-0.2, -0.15) is 0 Å². The summed E-state index contributed by atoms with van der Waals surface area (Å²) < 4.78 is 0. The number of hydrogen-bond acceptors (Lipinski definition) is 4. The molecule has 1 aliphatic heterocycles. The Morgan fingerprint density at radius 3 is 3.06 bits per heavy atom. The molecule has 1 unspecified atom stereocenters. The van der Waals surface area contributed by atoms with Crippen molar-refractivity contribution in [2.75, 3.05) is 5.75 Å². The molecule has 2 rings (SSSR count). The molecule has 2 heterocycles. The van der Waals surface area contributed by atoms with Crippen LogP contribution < -0.4 is 5.32 Å². The van der Waals surface area contributed by atoms with E-state index in [0.717, 1.165) is 22.4 Å². The van der Waals surface area contributed by atoms with Crippen molar-refractivity contribution < 1.29 is 0 Å². The first-order valence-corrected chi connectivity index (χ1v) is 6.86. The third kappa shape index (κ3) is 3.43. The molecule has 0 spiro atoms. The third-order valence-corrected chi connectivity index (χ3v) is 3.78. The maximum Gasteiger partial charge on any atom is 0.157 e. The SMILES string of the molecule is Cc1nccc(CN=C2NC(C(C)C)CS2)n1. The molecule has 92 valence electrons. The van der Waals surface area contributed by atoms with Crippen molar-refractivity contribution >= 4 is 16.9 Å². The van der Waals surface area contributed by atoms with Crippen molar-refractivity contribution in [2.24, 2.45) is 10.9 Å².